The molecule has 1 N–H and O–H groups in total. The van der Waals surface area contributed by atoms with Gasteiger partial charge in [-0.05, 0) is 43.5 Å². The quantitative estimate of drug-likeness (QED) is 0.778. The molecule has 1 atom stereocenters. The molecular weight excluding hydrogens is 256 g/mol. The lowest BCUT2D eigenvalue weighted by Crippen LogP contribution is -2.35. The van der Waals surface area contributed by atoms with Gasteiger partial charge in [-0.25, -0.2) is 0 Å². The van der Waals surface area contributed by atoms with Gasteiger partial charge in [-0.2, -0.15) is 0 Å². The van der Waals surface area contributed by atoms with Gasteiger partial charge in [-0.15, -0.1) is 0 Å². The van der Waals surface area contributed by atoms with Crippen molar-refractivity contribution in [1.82, 2.24) is 10.2 Å². The molecule has 0 spiro atoms. The molecule has 106 valence electrons. The van der Waals surface area contributed by atoms with Crippen LogP contribution in [0.25, 0.3) is 0 Å². The Morgan fingerprint density at radius 3 is 2.47 bits per heavy atom. The van der Waals surface area contributed by atoms with E-state index in [1.54, 1.807) is 0 Å². The van der Waals surface area contributed by atoms with Crippen molar-refractivity contribution in [3.8, 4) is 0 Å². The first-order valence-corrected chi connectivity index (χ1v) is 7.85. The molecule has 0 aromatic heterocycles. The number of rotatable bonds is 8. The van der Waals surface area contributed by atoms with Gasteiger partial charge >= 0.3 is 0 Å². The van der Waals surface area contributed by atoms with E-state index in [9.17, 15) is 0 Å². The van der Waals surface area contributed by atoms with Crippen LogP contribution in [-0.4, -0.2) is 30.6 Å². The van der Waals surface area contributed by atoms with E-state index in [-0.39, 0.29) is 0 Å². The van der Waals surface area contributed by atoms with Gasteiger partial charge in [0, 0.05) is 30.2 Å². The maximum atomic E-state index is 5.94. The zero-order valence-corrected chi connectivity index (χ0v) is 12.8. The van der Waals surface area contributed by atoms with Gasteiger partial charge in [0.1, 0.15) is 0 Å². The van der Waals surface area contributed by atoms with E-state index >= 15 is 0 Å². The first kappa shape index (κ1) is 14.8. The third-order valence-electron chi connectivity index (χ3n) is 3.94. The molecule has 3 heteroatoms. The van der Waals surface area contributed by atoms with Gasteiger partial charge < -0.3 is 5.32 Å². The maximum Gasteiger partial charge on any atom is 0.0406 e. The first-order chi connectivity index (χ1) is 9.24. The molecular formula is C16H25ClN2. The highest BCUT2D eigenvalue weighted by Crippen LogP contribution is 2.26. The molecule has 0 radical (unpaired) electrons. The van der Waals surface area contributed by atoms with E-state index in [0.717, 1.165) is 30.6 Å². The monoisotopic (exact) mass is 280 g/mol. The normalized spacial score (nSPS) is 16.8. The van der Waals surface area contributed by atoms with Crippen LogP contribution in [0.5, 0.6) is 0 Å². The van der Waals surface area contributed by atoms with Crippen molar-refractivity contribution in [1.29, 1.82) is 0 Å². The molecule has 1 saturated carbocycles. The van der Waals surface area contributed by atoms with E-state index in [1.165, 1.54) is 24.9 Å². The second kappa shape index (κ2) is 7.28. The highest BCUT2D eigenvalue weighted by molar-refractivity contribution is 6.30. The zero-order chi connectivity index (χ0) is 13.7. The Bertz CT molecular complexity index is 373. The Morgan fingerprint density at radius 2 is 1.95 bits per heavy atom. The summed E-state index contributed by atoms with van der Waals surface area (Å²) in [5.74, 6) is 0. The Kier molecular flexibility index (Phi) is 5.68. The predicted octanol–water partition coefficient (Wildman–Crippen LogP) is 3.87. The molecule has 2 rings (SSSR count). The van der Waals surface area contributed by atoms with Gasteiger partial charge in [-0.3, -0.25) is 4.90 Å². The van der Waals surface area contributed by atoms with Crippen LogP contribution in [0, 0.1) is 0 Å². The first-order valence-electron chi connectivity index (χ1n) is 7.47. The van der Waals surface area contributed by atoms with Crippen LogP contribution in [0.15, 0.2) is 24.3 Å². The Morgan fingerprint density at radius 1 is 1.26 bits per heavy atom. The number of likely N-dealkylation sites (N-methyl/N-ethyl adjacent to an activating group) is 1. The number of nitrogens with zero attached hydrogens (tertiary/aromatic N) is 1. The summed E-state index contributed by atoms with van der Waals surface area (Å²) in [7, 11) is 0. The lowest BCUT2D eigenvalue weighted by molar-refractivity contribution is 0.271. The smallest absolute Gasteiger partial charge is 0.0406 e. The van der Waals surface area contributed by atoms with Crippen LogP contribution < -0.4 is 5.32 Å². The van der Waals surface area contributed by atoms with Crippen LogP contribution >= 0.6 is 11.6 Å². The fraction of sp³-hybridized carbons (Fsp3) is 0.625. The minimum atomic E-state index is 0.440. The molecule has 0 amide bonds. The van der Waals surface area contributed by atoms with Crippen LogP contribution in [0.2, 0.25) is 5.02 Å². The molecule has 1 aliphatic carbocycles. The molecule has 1 aromatic carbocycles. The number of benzene rings is 1. The number of halogens is 1. The van der Waals surface area contributed by atoms with Gasteiger partial charge in [-0.1, -0.05) is 37.6 Å². The maximum absolute atomic E-state index is 5.94. The van der Waals surface area contributed by atoms with Crippen molar-refractivity contribution < 1.29 is 0 Å². The van der Waals surface area contributed by atoms with E-state index in [4.69, 9.17) is 11.6 Å². The molecule has 1 aromatic rings. The molecule has 1 aliphatic rings. The van der Waals surface area contributed by atoms with Crippen molar-refractivity contribution in [3.05, 3.63) is 34.9 Å². The summed E-state index contributed by atoms with van der Waals surface area (Å²) in [4.78, 5) is 2.58. The van der Waals surface area contributed by atoms with Gasteiger partial charge in [0.2, 0.25) is 0 Å². The molecule has 2 nitrogen and oxygen atoms in total. The molecule has 0 aliphatic heterocycles. The standard InChI is InChI=1S/C16H25ClN2/c1-3-16(13-5-7-14(17)8-6-13)18-11-12-19(4-2)15-9-10-15/h5-8,15-16,18H,3-4,9-12H2,1-2H3. The third kappa shape index (κ3) is 4.48. The summed E-state index contributed by atoms with van der Waals surface area (Å²) in [5.41, 5.74) is 1.33. The van der Waals surface area contributed by atoms with Crippen LogP contribution in [0.4, 0.5) is 0 Å². The Balaban J connectivity index is 1.80. The molecule has 1 unspecified atom stereocenters. The van der Waals surface area contributed by atoms with Crippen molar-refractivity contribution in [2.45, 2.75) is 45.2 Å². The average molecular weight is 281 g/mol. The minimum absolute atomic E-state index is 0.440. The van der Waals surface area contributed by atoms with E-state index in [2.05, 4.69) is 36.2 Å². The van der Waals surface area contributed by atoms with Gasteiger partial charge in [0.25, 0.3) is 0 Å². The summed E-state index contributed by atoms with van der Waals surface area (Å²) in [6.45, 7) is 7.88. The average Bonchev–Trinajstić information content (AvgIpc) is 3.25. The summed E-state index contributed by atoms with van der Waals surface area (Å²) in [6, 6.07) is 9.51. The molecule has 1 fully saturated rings. The van der Waals surface area contributed by atoms with Gasteiger partial charge in [0.05, 0.1) is 0 Å². The SMILES string of the molecule is CCC(NCCN(CC)C1CC1)c1ccc(Cl)cc1. The minimum Gasteiger partial charge on any atom is -0.309 e. The Labute approximate surface area is 122 Å². The van der Waals surface area contributed by atoms with Crippen LogP contribution in [-0.2, 0) is 0 Å². The number of nitrogens with one attached hydrogen (secondary N) is 1. The number of hydrogen-bond acceptors (Lipinski definition) is 2. The Hall–Kier alpha value is -0.570. The second-order valence-corrected chi connectivity index (χ2v) is 5.76. The molecule has 0 saturated heterocycles. The molecule has 0 bridgehead atoms. The van der Waals surface area contributed by atoms with Gasteiger partial charge in [0.15, 0.2) is 0 Å². The van der Waals surface area contributed by atoms with E-state index < -0.39 is 0 Å². The molecule has 0 heterocycles. The summed E-state index contributed by atoms with van der Waals surface area (Å²) < 4.78 is 0. The highest BCUT2D eigenvalue weighted by atomic mass is 35.5. The fourth-order valence-corrected chi connectivity index (χ4v) is 2.74. The second-order valence-electron chi connectivity index (χ2n) is 5.33. The van der Waals surface area contributed by atoms with Crippen molar-refractivity contribution in [3.63, 3.8) is 0 Å². The van der Waals surface area contributed by atoms with Crippen molar-refractivity contribution in [2.75, 3.05) is 19.6 Å². The summed E-state index contributed by atoms with van der Waals surface area (Å²) in [5, 5.41) is 4.48. The molecule has 19 heavy (non-hydrogen) atoms. The zero-order valence-electron chi connectivity index (χ0n) is 12.0. The lowest BCUT2D eigenvalue weighted by Gasteiger charge is -2.23. The summed E-state index contributed by atoms with van der Waals surface area (Å²) in [6.07, 6.45) is 3.89. The summed E-state index contributed by atoms with van der Waals surface area (Å²) >= 11 is 5.94. The highest BCUT2D eigenvalue weighted by Gasteiger charge is 2.27. The topological polar surface area (TPSA) is 15.3 Å². The third-order valence-corrected chi connectivity index (χ3v) is 4.19. The van der Waals surface area contributed by atoms with Crippen LogP contribution in [0.1, 0.15) is 44.7 Å². The fourth-order valence-electron chi connectivity index (χ4n) is 2.61. The van der Waals surface area contributed by atoms with E-state index in [0.29, 0.717) is 6.04 Å². The van der Waals surface area contributed by atoms with Crippen molar-refractivity contribution >= 4 is 11.6 Å². The van der Waals surface area contributed by atoms with Crippen LogP contribution in [0.3, 0.4) is 0 Å². The van der Waals surface area contributed by atoms with Crippen molar-refractivity contribution in [2.24, 2.45) is 0 Å². The number of hydrogen-bond donors (Lipinski definition) is 1. The largest absolute Gasteiger partial charge is 0.309 e. The van der Waals surface area contributed by atoms with E-state index in [1.807, 2.05) is 12.1 Å². The predicted molar refractivity (Wildman–Crippen MR) is 82.8 cm³/mol. The lowest BCUT2D eigenvalue weighted by atomic mass is 10.0.